The monoisotopic (exact) mass is 266 g/mol. The van der Waals surface area contributed by atoms with Crippen LogP contribution in [-0.4, -0.2) is 24.8 Å². The molecule has 0 aromatic carbocycles. The Hall–Kier alpha value is -1.36. The van der Waals surface area contributed by atoms with Crippen molar-refractivity contribution in [3.05, 3.63) is 18.5 Å². The van der Waals surface area contributed by atoms with Crippen molar-refractivity contribution in [2.45, 2.75) is 46.0 Å². The molecule has 1 amide bonds. The predicted molar refractivity (Wildman–Crippen MR) is 77.1 cm³/mol. The maximum absolute atomic E-state index is 11.8. The summed E-state index contributed by atoms with van der Waals surface area (Å²) < 4.78 is 5.25. The summed E-state index contributed by atoms with van der Waals surface area (Å²) in [6.07, 6.45) is 3.00. The molecule has 0 saturated heterocycles. The van der Waals surface area contributed by atoms with E-state index in [1.54, 1.807) is 12.4 Å². The zero-order valence-corrected chi connectivity index (χ0v) is 13.0. The highest BCUT2D eigenvalue weighted by Crippen LogP contribution is 2.13. The Balaban J connectivity index is 2.89. The molecular weight excluding hydrogens is 244 g/mol. The second-order valence-corrected chi connectivity index (χ2v) is 11.3. The summed E-state index contributed by atoms with van der Waals surface area (Å²) in [4.78, 5) is 15.8. The van der Waals surface area contributed by atoms with E-state index in [-0.39, 0.29) is 0 Å². The second kappa shape index (κ2) is 5.10. The maximum Gasteiger partial charge on any atom is 0.412 e. The average Bonchev–Trinajstić information content (AvgIpc) is 2.13. The van der Waals surface area contributed by atoms with Gasteiger partial charge in [-0.3, -0.25) is 10.3 Å². The molecule has 0 atom stereocenters. The van der Waals surface area contributed by atoms with Gasteiger partial charge in [0.05, 0.1) is 20.0 Å². The summed E-state index contributed by atoms with van der Waals surface area (Å²) >= 11 is 0. The Kier molecular flexibility index (Phi) is 4.16. The van der Waals surface area contributed by atoms with E-state index in [1.807, 2.05) is 26.8 Å². The Labute approximate surface area is 110 Å². The fourth-order valence-electron chi connectivity index (χ4n) is 1.56. The largest absolute Gasteiger partial charge is 0.444 e. The van der Waals surface area contributed by atoms with Crippen LogP contribution >= 0.6 is 0 Å². The van der Waals surface area contributed by atoms with Crippen LogP contribution in [0.1, 0.15) is 20.8 Å². The van der Waals surface area contributed by atoms with Gasteiger partial charge in [0.2, 0.25) is 0 Å². The first kappa shape index (κ1) is 14.7. The van der Waals surface area contributed by atoms with E-state index in [0.717, 1.165) is 5.69 Å². The van der Waals surface area contributed by atoms with E-state index in [1.165, 1.54) is 5.19 Å². The van der Waals surface area contributed by atoms with Crippen LogP contribution in [0, 0.1) is 0 Å². The van der Waals surface area contributed by atoms with Crippen molar-refractivity contribution in [2.75, 3.05) is 5.32 Å². The number of hydrogen-bond acceptors (Lipinski definition) is 3. The zero-order chi connectivity index (χ0) is 14.0. The number of carbonyl (C=O) groups excluding carboxylic acids is 1. The molecule has 0 unspecified atom stereocenters. The van der Waals surface area contributed by atoms with E-state index < -0.39 is 19.8 Å². The first-order valence-electron chi connectivity index (χ1n) is 6.04. The number of pyridine rings is 1. The lowest BCUT2D eigenvalue weighted by Crippen LogP contribution is -2.40. The highest BCUT2D eigenvalue weighted by atomic mass is 28.3. The van der Waals surface area contributed by atoms with Crippen LogP contribution in [0.25, 0.3) is 0 Å². The van der Waals surface area contributed by atoms with Crippen LogP contribution in [-0.2, 0) is 4.74 Å². The fourth-order valence-corrected chi connectivity index (χ4v) is 3.07. The summed E-state index contributed by atoms with van der Waals surface area (Å²) in [5, 5.41) is 3.95. The fraction of sp³-hybridized carbons (Fsp3) is 0.538. The summed E-state index contributed by atoms with van der Waals surface area (Å²) in [6, 6.07) is 1.97. The third-order valence-corrected chi connectivity index (χ3v) is 4.32. The molecule has 0 aliphatic heterocycles. The zero-order valence-electron chi connectivity index (χ0n) is 12.0. The molecule has 0 bridgehead atoms. The second-order valence-electron chi connectivity index (χ2n) is 6.30. The first-order valence-corrected chi connectivity index (χ1v) is 9.54. The molecular formula is C13H22N2O2Si. The number of carbonyl (C=O) groups is 1. The number of hydrogen-bond donors (Lipinski definition) is 1. The van der Waals surface area contributed by atoms with Crippen LogP contribution in [0.15, 0.2) is 18.5 Å². The summed E-state index contributed by atoms with van der Waals surface area (Å²) in [5.74, 6) is 0. The third kappa shape index (κ3) is 4.48. The highest BCUT2D eigenvalue weighted by Gasteiger charge is 2.22. The van der Waals surface area contributed by atoms with Crippen LogP contribution in [0.2, 0.25) is 19.6 Å². The first-order chi connectivity index (χ1) is 8.09. The van der Waals surface area contributed by atoms with Crippen molar-refractivity contribution < 1.29 is 9.53 Å². The van der Waals surface area contributed by atoms with E-state index in [0.29, 0.717) is 0 Å². The Morgan fingerprint density at radius 2 is 1.94 bits per heavy atom. The summed E-state index contributed by atoms with van der Waals surface area (Å²) in [6.45, 7) is 12.2. The number of aromatic nitrogens is 1. The molecule has 0 fully saturated rings. The molecule has 18 heavy (non-hydrogen) atoms. The Bertz CT molecular complexity index is 433. The molecule has 1 rings (SSSR count). The van der Waals surface area contributed by atoms with E-state index >= 15 is 0 Å². The topological polar surface area (TPSA) is 51.2 Å². The molecule has 5 heteroatoms. The molecule has 0 aliphatic carbocycles. The van der Waals surface area contributed by atoms with Gasteiger partial charge in [-0.25, -0.2) is 4.79 Å². The minimum atomic E-state index is -1.51. The summed E-state index contributed by atoms with van der Waals surface area (Å²) in [7, 11) is -1.51. The van der Waals surface area contributed by atoms with Crippen molar-refractivity contribution in [1.29, 1.82) is 0 Å². The molecule has 0 radical (unpaired) electrons. The van der Waals surface area contributed by atoms with Crippen molar-refractivity contribution >= 4 is 25.0 Å². The SMILES string of the molecule is CC(C)(C)OC(=O)Nc1cnccc1[Si](C)(C)C. The normalized spacial score (nSPS) is 12.1. The molecule has 1 N–H and O–H groups in total. The average molecular weight is 266 g/mol. The van der Waals surface area contributed by atoms with Gasteiger partial charge in [0.25, 0.3) is 0 Å². The molecule has 1 aromatic rings. The molecule has 1 aromatic heterocycles. The Morgan fingerprint density at radius 3 is 2.44 bits per heavy atom. The Morgan fingerprint density at radius 1 is 1.33 bits per heavy atom. The standard InChI is InChI=1S/C13H22N2O2Si/c1-13(2,3)17-12(16)15-10-9-14-8-7-11(10)18(4,5)6/h7-9H,1-6H3,(H,15,16). The van der Waals surface area contributed by atoms with Gasteiger partial charge in [-0.15, -0.1) is 0 Å². The number of nitrogens with one attached hydrogen (secondary N) is 1. The lowest BCUT2D eigenvalue weighted by atomic mass is 10.2. The number of anilines is 1. The smallest absolute Gasteiger partial charge is 0.412 e. The van der Waals surface area contributed by atoms with Crippen LogP contribution in [0.4, 0.5) is 10.5 Å². The van der Waals surface area contributed by atoms with Crippen molar-refractivity contribution in [1.82, 2.24) is 4.98 Å². The molecule has 0 saturated carbocycles. The van der Waals surface area contributed by atoms with Gasteiger partial charge in [0.1, 0.15) is 5.60 Å². The quantitative estimate of drug-likeness (QED) is 0.837. The van der Waals surface area contributed by atoms with Crippen molar-refractivity contribution in [2.24, 2.45) is 0 Å². The van der Waals surface area contributed by atoms with Gasteiger partial charge in [-0.1, -0.05) is 19.6 Å². The van der Waals surface area contributed by atoms with Gasteiger partial charge in [-0.2, -0.15) is 0 Å². The minimum Gasteiger partial charge on any atom is -0.444 e. The molecule has 100 valence electrons. The molecule has 1 heterocycles. The molecule has 0 spiro atoms. The van der Waals surface area contributed by atoms with Crippen molar-refractivity contribution in [3.8, 4) is 0 Å². The van der Waals surface area contributed by atoms with Crippen LogP contribution < -0.4 is 10.5 Å². The number of nitrogens with zero attached hydrogens (tertiary/aromatic N) is 1. The van der Waals surface area contributed by atoms with Crippen LogP contribution in [0.5, 0.6) is 0 Å². The van der Waals surface area contributed by atoms with Gasteiger partial charge >= 0.3 is 6.09 Å². The molecule has 0 aliphatic rings. The third-order valence-electron chi connectivity index (χ3n) is 2.26. The number of rotatable bonds is 2. The van der Waals surface area contributed by atoms with Crippen LogP contribution in [0.3, 0.4) is 0 Å². The lowest BCUT2D eigenvalue weighted by Gasteiger charge is -2.23. The predicted octanol–water partition coefficient (Wildman–Crippen LogP) is 2.97. The van der Waals surface area contributed by atoms with E-state index in [9.17, 15) is 4.79 Å². The number of amides is 1. The van der Waals surface area contributed by atoms with Gasteiger partial charge in [0, 0.05) is 6.20 Å². The van der Waals surface area contributed by atoms with E-state index in [2.05, 4.69) is 29.9 Å². The van der Waals surface area contributed by atoms with Crippen molar-refractivity contribution in [3.63, 3.8) is 0 Å². The number of ether oxygens (including phenoxy) is 1. The van der Waals surface area contributed by atoms with Gasteiger partial charge < -0.3 is 4.74 Å². The summed E-state index contributed by atoms with van der Waals surface area (Å²) in [5.41, 5.74) is 0.261. The molecule has 4 nitrogen and oxygen atoms in total. The highest BCUT2D eigenvalue weighted by molar-refractivity contribution is 6.89. The van der Waals surface area contributed by atoms with Gasteiger partial charge in [-0.05, 0) is 32.0 Å². The maximum atomic E-state index is 11.8. The lowest BCUT2D eigenvalue weighted by molar-refractivity contribution is 0.0636. The van der Waals surface area contributed by atoms with E-state index in [4.69, 9.17) is 4.74 Å². The minimum absolute atomic E-state index is 0.435. The van der Waals surface area contributed by atoms with Gasteiger partial charge in [0.15, 0.2) is 0 Å².